The van der Waals surface area contributed by atoms with Gasteiger partial charge < -0.3 is 0 Å². The normalized spacial score (nSPS) is 12.6. The summed E-state index contributed by atoms with van der Waals surface area (Å²) in [5, 5.41) is 10.0. The van der Waals surface area contributed by atoms with Crippen LogP contribution in [-0.4, -0.2) is 9.97 Å². The second kappa shape index (κ2) is 10.2. The summed E-state index contributed by atoms with van der Waals surface area (Å²) in [5.74, 6) is 0. The minimum atomic E-state index is -0.106. The molecule has 0 saturated heterocycles. The molecule has 0 saturated carbocycles. The van der Waals surface area contributed by atoms with Crippen LogP contribution in [0.15, 0.2) is 121 Å². The number of nitrogens with zero attached hydrogens (tertiary/aromatic N) is 2. The third-order valence-corrected chi connectivity index (χ3v) is 9.45. The van der Waals surface area contributed by atoms with E-state index >= 15 is 0 Å². The van der Waals surface area contributed by atoms with Gasteiger partial charge in [-0.25, -0.2) is 9.97 Å². The Balaban J connectivity index is 1.29. The topological polar surface area (TPSA) is 25.8 Å². The van der Waals surface area contributed by atoms with Crippen molar-refractivity contribution in [1.82, 2.24) is 9.97 Å². The molecule has 2 aromatic heterocycles. The van der Waals surface area contributed by atoms with E-state index in [0.717, 1.165) is 33.2 Å². The zero-order valence-corrected chi connectivity index (χ0v) is 27.4. The average Bonchev–Trinajstić information content (AvgIpc) is 3.06. The zero-order chi connectivity index (χ0) is 31.8. The molecule has 0 aliphatic rings. The van der Waals surface area contributed by atoms with Crippen molar-refractivity contribution in [2.45, 2.75) is 52.4 Å². The molecule has 8 aromatic rings. The highest BCUT2D eigenvalue weighted by Crippen LogP contribution is 2.39. The van der Waals surface area contributed by atoms with Gasteiger partial charge in [0.1, 0.15) is 0 Å². The van der Waals surface area contributed by atoms with Crippen LogP contribution in [0, 0.1) is 0 Å². The minimum absolute atomic E-state index is 0.0429. The van der Waals surface area contributed by atoms with E-state index in [1.807, 2.05) is 0 Å². The Morgan fingerprint density at radius 1 is 0.370 bits per heavy atom. The Kier molecular flexibility index (Phi) is 6.31. The molecule has 0 radical (unpaired) electrons. The lowest BCUT2D eigenvalue weighted by atomic mass is 9.87. The van der Waals surface area contributed by atoms with Gasteiger partial charge in [0.15, 0.2) is 0 Å². The summed E-state index contributed by atoms with van der Waals surface area (Å²) in [7, 11) is 0. The van der Waals surface area contributed by atoms with Crippen molar-refractivity contribution in [2.75, 3.05) is 0 Å². The molecule has 0 N–H and O–H groups in total. The highest BCUT2D eigenvalue weighted by Gasteiger charge is 2.22. The van der Waals surface area contributed by atoms with Crippen molar-refractivity contribution in [1.29, 1.82) is 0 Å². The van der Waals surface area contributed by atoms with Gasteiger partial charge in [-0.15, -0.1) is 0 Å². The molecule has 0 amide bonds. The standard InChI is InChI=1S/C44H38N2/c1-43(2,3)39-24-21-29-19-23-36-37(26-40(44(4,5)6)46-42(36)41(29)45-39)28-17-15-27(16-18-28)30-20-22-35-33-13-8-7-11-31(33)32-12-9-10-14-34(32)38(35)25-30/h7-26H,1-6H3. The Labute approximate surface area is 270 Å². The first-order chi connectivity index (χ1) is 22.1. The quantitative estimate of drug-likeness (QED) is 0.186. The predicted molar refractivity (Wildman–Crippen MR) is 198 cm³/mol. The number of pyridine rings is 2. The molecule has 0 aliphatic heterocycles. The fraction of sp³-hybridized carbons (Fsp3) is 0.182. The molecule has 224 valence electrons. The van der Waals surface area contributed by atoms with E-state index < -0.39 is 0 Å². The van der Waals surface area contributed by atoms with Crippen molar-refractivity contribution < 1.29 is 0 Å². The maximum absolute atomic E-state index is 5.26. The Morgan fingerprint density at radius 3 is 1.46 bits per heavy atom. The van der Waals surface area contributed by atoms with Crippen LogP contribution < -0.4 is 0 Å². The zero-order valence-electron chi connectivity index (χ0n) is 27.4. The summed E-state index contributed by atoms with van der Waals surface area (Å²) in [6, 6.07) is 44.5. The van der Waals surface area contributed by atoms with E-state index in [-0.39, 0.29) is 10.8 Å². The Bertz CT molecular complexity index is 2440. The molecule has 0 aliphatic carbocycles. The maximum atomic E-state index is 5.26. The second-order valence-corrected chi connectivity index (χ2v) is 14.7. The summed E-state index contributed by atoms with van der Waals surface area (Å²) >= 11 is 0. The molecular formula is C44H38N2. The molecule has 2 heterocycles. The van der Waals surface area contributed by atoms with Gasteiger partial charge in [-0.3, -0.25) is 0 Å². The third-order valence-electron chi connectivity index (χ3n) is 9.45. The van der Waals surface area contributed by atoms with Gasteiger partial charge in [0, 0.05) is 33.0 Å². The van der Waals surface area contributed by atoms with Crippen LogP contribution in [0.2, 0.25) is 0 Å². The lowest BCUT2D eigenvalue weighted by Crippen LogP contribution is -2.15. The molecule has 2 nitrogen and oxygen atoms in total. The van der Waals surface area contributed by atoms with Gasteiger partial charge in [-0.05, 0) is 72.8 Å². The van der Waals surface area contributed by atoms with Gasteiger partial charge in [-0.2, -0.15) is 0 Å². The van der Waals surface area contributed by atoms with E-state index in [1.54, 1.807) is 0 Å². The van der Waals surface area contributed by atoms with E-state index in [1.165, 1.54) is 54.6 Å². The van der Waals surface area contributed by atoms with Crippen LogP contribution in [0.4, 0.5) is 0 Å². The van der Waals surface area contributed by atoms with Crippen molar-refractivity contribution in [3.05, 3.63) is 133 Å². The van der Waals surface area contributed by atoms with Gasteiger partial charge in [0.2, 0.25) is 0 Å². The van der Waals surface area contributed by atoms with Crippen LogP contribution in [0.1, 0.15) is 52.9 Å². The summed E-state index contributed by atoms with van der Waals surface area (Å²) < 4.78 is 0. The van der Waals surface area contributed by atoms with Crippen molar-refractivity contribution in [2.24, 2.45) is 0 Å². The van der Waals surface area contributed by atoms with Crippen LogP contribution in [-0.2, 0) is 10.8 Å². The largest absolute Gasteiger partial charge is 0.250 e. The number of fused-ring (bicyclic) bond motifs is 9. The summed E-state index contributed by atoms with van der Waals surface area (Å²) in [5.41, 5.74) is 8.77. The molecule has 46 heavy (non-hydrogen) atoms. The highest BCUT2D eigenvalue weighted by atomic mass is 14.8. The monoisotopic (exact) mass is 594 g/mol. The molecule has 8 rings (SSSR count). The fourth-order valence-corrected chi connectivity index (χ4v) is 6.84. The van der Waals surface area contributed by atoms with Gasteiger partial charge in [-0.1, -0.05) is 145 Å². The molecule has 0 unspecified atom stereocenters. The van der Waals surface area contributed by atoms with Crippen LogP contribution in [0.5, 0.6) is 0 Å². The van der Waals surface area contributed by atoms with E-state index in [9.17, 15) is 0 Å². The SMILES string of the molecule is CC(C)(C)c1ccc2ccc3c(-c4ccc(-c5ccc6c7ccccc7c7ccccc7c6c5)cc4)cc(C(C)(C)C)nc3c2n1. The first-order valence-corrected chi connectivity index (χ1v) is 16.3. The van der Waals surface area contributed by atoms with Crippen LogP contribution in [0.25, 0.3) is 76.4 Å². The van der Waals surface area contributed by atoms with Crippen LogP contribution >= 0.6 is 0 Å². The average molecular weight is 595 g/mol. The molecule has 0 atom stereocenters. The van der Waals surface area contributed by atoms with E-state index in [4.69, 9.17) is 9.97 Å². The third kappa shape index (κ3) is 4.63. The lowest BCUT2D eigenvalue weighted by Gasteiger charge is -2.22. The van der Waals surface area contributed by atoms with E-state index in [0.29, 0.717) is 0 Å². The van der Waals surface area contributed by atoms with Crippen molar-refractivity contribution in [3.63, 3.8) is 0 Å². The molecule has 0 spiro atoms. The summed E-state index contributed by atoms with van der Waals surface area (Å²) in [4.78, 5) is 10.5. The molecule has 6 aromatic carbocycles. The Morgan fingerprint density at radius 2 is 0.848 bits per heavy atom. The first kappa shape index (κ1) is 28.4. The number of rotatable bonds is 2. The van der Waals surface area contributed by atoms with Crippen LogP contribution in [0.3, 0.4) is 0 Å². The first-order valence-electron chi connectivity index (χ1n) is 16.3. The number of aromatic nitrogens is 2. The van der Waals surface area contributed by atoms with Gasteiger partial charge in [0.05, 0.1) is 11.0 Å². The predicted octanol–water partition coefficient (Wildman–Crippen LogP) is 12.2. The molecule has 0 bridgehead atoms. The van der Waals surface area contributed by atoms with Gasteiger partial charge in [0.25, 0.3) is 0 Å². The van der Waals surface area contributed by atoms with Crippen molar-refractivity contribution >= 4 is 54.1 Å². The highest BCUT2D eigenvalue weighted by molar-refractivity contribution is 6.25. The Hall–Kier alpha value is -5.08. The molecule has 0 fully saturated rings. The fourth-order valence-electron chi connectivity index (χ4n) is 6.84. The number of hydrogen-bond acceptors (Lipinski definition) is 2. The smallest absolute Gasteiger partial charge is 0.0974 e. The lowest BCUT2D eigenvalue weighted by molar-refractivity contribution is 0.570. The molecule has 2 heteroatoms. The van der Waals surface area contributed by atoms with E-state index in [2.05, 4.69) is 163 Å². The number of benzene rings is 6. The summed E-state index contributed by atoms with van der Waals surface area (Å²) in [6.07, 6.45) is 0. The maximum Gasteiger partial charge on any atom is 0.0974 e. The molecular weight excluding hydrogens is 556 g/mol. The number of hydrogen-bond donors (Lipinski definition) is 0. The second-order valence-electron chi connectivity index (χ2n) is 14.7. The summed E-state index contributed by atoms with van der Waals surface area (Å²) in [6.45, 7) is 13.4. The minimum Gasteiger partial charge on any atom is -0.250 e. The van der Waals surface area contributed by atoms with Gasteiger partial charge >= 0.3 is 0 Å². The van der Waals surface area contributed by atoms with Crippen molar-refractivity contribution in [3.8, 4) is 22.3 Å².